The van der Waals surface area contributed by atoms with E-state index in [-0.39, 0.29) is 13.0 Å². The van der Waals surface area contributed by atoms with Gasteiger partial charge in [-0.15, -0.1) is 0 Å². The van der Waals surface area contributed by atoms with E-state index in [1.807, 2.05) is 6.08 Å². The van der Waals surface area contributed by atoms with Crippen molar-refractivity contribution < 1.29 is 49.3 Å². The molecule has 530 valence electrons. The highest BCUT2D eigenvalue weighted by Crippen LogP contribution is 2.27. The van der Waals surface area contributed by atoms with Gasteiger partial charge in [-0.2, -0.15) is 0 Å². The second kappa shape index (κ2) is 66.9. The lowest BCUT2D eigenvalue weighted by molar-refractivity contribution is -0.305. The van der Waals surface area contributed by atoms with Crippen LogP contribution in [0.5, 0.6) is 0 Å². The maximum absolute atomic E-state index is 13.5. The van der Waals surface area contributed by atoms with Gasteiger partial charge < -0.3 is 45.1 Å². The minimum absolute atomic E-state index is 0.128. The summed E-state index contributed by atoms with van der Waals surface area (Å²) >= 11 is 0. The number of rotatable bonds is 69. The van der Waals surface area contributed by atoms with Gasteiger partial charge >= 0.3 is 5.97 Å². The van der Waals surface area contributed by atoms with Gasteiger partial charge in [0.2, 0.25) is 5.91 Å². The van der Waals surface area contributed by atoms with Crippen LogP contribution in [0.15, 0.2) is 36.5 Å². The van der Waals surface area contributed by atoms with Crippen LogP contribution >= 0.6 is 0 Å². The van der Waals surface area contributed by atoms with E-state index < -0.39 is 67.4 Å². The summed E-state index contributed by atoms with van der Waals surface area (Å²) < 4.78 is 17.7. The lowest BCUT2D eigenvalue weighted by atomic mass is 9.99. The van der Waals surface area contributed by atoms with Crippen LogP contribution in [0.4, 0.5) is 0 Å². The highest BCUT2D eigenvalue weighted by atomic mass is 16.7. The molecule has 1 rings (SSSR count). The molecule has 0 aromatic heterocycles. The molecule has 0 radical (unpaired) electrons. The van der Waals surface area contributed by atoms with Gasteiger partial charge in [-0.3, -0.25) is 9.59 Å². The molecular weight excluding hydrogens is 1120 g/mol. The quantitative estimate of drug-likeness (QED) is 0.0195. The Labute approximate surface area is 555 Å². The average Bonchev–Trinajstić information content (AvgIpc) is 1.11. The number of carbonyl (C=O) groups is 2. The van der Waals surface area contributed by atoms with E-state index in [1.165, 1.54) is 289 Å². The molecule has 0 aromatic rings. The highest BCUT2D eigenvalue weighted by Gasteiger charge is 2.47. The van der Waals surface area contributed by atoms with E-state index in [2.05, 4.69) is 50.4 Å². The van der Waals surface area contributed by atoms with Crippen LogP contribution in [-0.4, -0.2) is 99.6 Å². The van der Waals surface area contributed by atoms with Crippen LogP contribution in [0.3, 0.4) is 0 Å². The van der Waals surface area contributed by atoms with E-state index in [0.29, 0.717) is 19.3 Å². The van der Waals surface area contributed by atoms with Gasteiger partial charge in [-0.1, -0.05) is 346 Å². The summed E-state index contributed by atoms with van der Waals surface area (Å²) in [5.41, 5.74) is 0. The summed E-state index contributed by atoms with van der Waals surface area (Å²) in [7, 11) is 0. The second-order valence-corrected chi connectivity index (χ2v) is 27.4. The van der Waals surface area contributed by atoms with E-state index in [4.69, 9.17) is 14.2 Å². The summed E-state index contributed by atoms with van der Waals surface area (Å²) in [4.78, 5) is 26.8. The Hall–Kier alpha value is -2.12. The van der Waals surface area contributed by atoms with Gasteiger partial charge in [0.15, 0.2) is 12.4 Å². The van der Waals surface area contributed by atoms with Gasteiger partial charge in [-0.05, 0) is 77.0 Å². The fourth-order valence-electron chi connectivity index (χ4n) is 12.6. The molecule has 1 saturated heterocycles. The molecule has 90 heavy (non-hydrogen) atoms. The largest absolute Gasteiger partial charge is 0.454 e. The molecule has 1 heterocycles. The number of esters is 1. The molecule has 0 aromatic carbocycles. The van der Waals surface area contributed by atoms with Crippen molar-refractivity contribution in [1.82, 2.24) is 5.32 Å². The molecule has 0 aliphatic carbocycles. The summed E-state index contributed by atoms with van der Waals surface area (Å²) in [5.74, 6) is -1.17. The molecule has 11 heteroatoms. The molecule has 1 aliphatic heterocycles. The zero-order chi connectivity index (χ0) is 65.3. The van der Waals surface area contributed by atoms with Crippen molar-refractivity contribution >= 4 is 11.9 Å². The predicted octanol–water partition coefficient (Wildman–Crippen LogP) is 20.9. The Morgan fingerprint density at radius 1 is 0.422 bits per heavy atom. The fourth-order valence-corrected chi connectivity index (χ4v) is 12.6. The van der Waals surface area contributed by atoms with Gasteiger partial charge in [0, 0.05) is 6.42 Å². The molecule has 1 amide bonds. The Balaban J connectivity index is 2.50. The summed E-state index contributed by atoms with van der Waals surface area (Å²) in [6.07, 6.45) is 73.4. The molecule has 0 spiro atoms. The zero-order valence-corrected chi connectivity index (χ0v) is 59.3. The minimum Gasteiger partial charge on any atom is -0.454 e. The molecule has 8 atom stereocenters. The molecule has 1 fully saturated rings. The second-order valence-electron chi connectivity index (χ2n) is 27.4. The van der Waals surface area contributed by atoms with Gasteiger partial charge in [0.1, 0.15) is 24.4 Å². The molecule has 0 saturated carbocycles. The number of unbranched alkanes of at least 4 members (excludes halogenated alkanes) is 51. The monoisotopic (exact) mass is 1270 g/mol. The van der Waals surface area contributed by atoms with Crippen molar-refractivity contribution in [2.45, 2.75) is 442 Å². The Morgan fingerprint density at radius 3 is 1.08 bits per heavy atom. The van der Waals surface area contributed by atoms with Crippen LogP contribution in [0.2, 0.25) is 0 Å². The Bertz CT molecular complexity index is 1610. The lowest BCUT2D eigenvalue weighted by Gasteiger charge is -2.41. The average molecular weight is 1270 g/mol. The standard InChI is InChI=1S/C79H149NO10/c1-4-7-10-13-16-19-22-25-27-29-31-33-35-36-37-39-40-42-44-46-48-51-54-57-60-63-66-72(83)78(87)80-70(71(82)65-62-59-56-53-50-24-21-18-15-12-9-6-3)69-88-79-77(76(86)75(85)73(68-81)89-79)90-74(84)67-64-61-58-55-52-49-47-45-43-41-38-34-32-30-28-26-23-20-17-14-11-8-5-2/h25-28,62,65,70-73,75-77,79,81-83,85-86H,4-24,29-61,63-64,66-69H2,1-3H3,(H,80,87)/b27-25+,28-26+,65-62+. The van der Waals surface area contributed by atoms with Gasteiger partial charge in [0.05, 0.1) is 25.4 Å². The number of hydrogen-bond acceptors (Lipinski definition) is 10. The minimum atomic E-state index is -1.61. The lowest BCUT2D eigenvalue weighted by Crippen LogP contribution is -2.61. The number of ether oxygens (including phenoxy) is 3. The van der Waals surface area contributed by atoms with E-state index in [1.54, 1.807) is 6.08 Å². The zero-order valence-electron chi connectivity index (χ0n) is 59.3. The van der Waals surface area contributed by atoms with Crippen LogP contribution < -0.4 is 5.32 Å². The smallest absolute Gasteiger partial charge is 0.306 e. The molecule has 11 nitrogen and oxygen atoms in total. The van der Waals surface area contributed by atoms with Gasteiger partial charge in [0.25, 0.3) is 0 Å². The third-order valence-electron chi connectivity index (χ3n) is 18.8. The first-order valence-electron chi connectivity index (χ1n) is 39.3. The van der Waals surface area contributed by atoms with E-state index >= 15 is 0 Å². The third-order valence-corrected chi connectivity index (χ3v) is 18.8. The molecule has 1 aliphatic rings. The number of aliphatic hydroxyl groups excluding tert-OH is 5. The van der Waals surface area contributed by atoms with Crippen LogP contribution in [0, 0.1) is 0 Å². The number of amides is 1. The Kier molecular flexibility index (Phi) is 63.8. The topological polar surface area (TPSA) is 175 Å². The van der Waals surface area contributed by atoms with Crippen LogP contribution in [0.1, 0.15) is 393 Å². The van der Waals surface area contributed by atoms with Crippen LogP contribution in [0.25, 0.3) is 0 Å². The van der Waals surface area contributed by atoms with Crippen molar-refractivity contribution in [3.05, 3.63) is 36.5 Å². The number of aliphatic hydroxyl groups is 5. The number of hydrogen-bond donors (Lipinski definition) is 6. The highest BCUT2D eigenvalue weighted by molar-refractivity contribution is 5.80. The normalized spacial score (nSPS) is 18.2. The first-order chi connectivity index (χ1) is 44.2. The summed E-state index contributed by atoms with van der Waals surface area (Å²) in [5, 5.41) is 57.4. The molecule has 0 bridgehead atoms. The van der Waals surface area contributed by atoms with Crippen molar-refractivity contribution in [3.63, 3.8) is 0 Å². The van der Waals surface area contributed by atoms with E-state index in [0.717, 1.165) is 57.8 Å². The van der Waals surface area contributed by atoms with Gasteiger partial charge in [-0.25, -0.2) is 0 Å². The number of carbonyl (C=O) groups excluding carboxylic acids is 2. The summed E-state index contributed by atoms with van der Waals surface area (Å²) in [6.45, 7) is 5.85. The first kappa shape index (κ1) is 85.9. The molecule has 6 N–H and O–H groups in total. The van der Waals surface area contributed by atoms with Crippen molar-refractivity contribution in [2.75, 3.05) is 13.2 Å². The Morgan fingerprint density at radius 2 is 0.733 bits per heavy atom. The molecular formula is C79H149NO10. The van der Waals surface area contributed by atoms with Crippen molar-refractivity contribution in [1.29, 1.82) is 0 Å². The maximum Gasteiger partial charge on any atom is 0.306 e. The first-order valence-corrected chi connectivity index (χ1v) is 39.3. The SMILES string of the molecule is CCCCCCCC/C=C/CCCCCCCCCCCCCCCCCCC(O)C(=O)NC(COC1OC(CO)C(O)C(O)C1OC(=O)CCCCCCCCCCCCCCC/C=C/CCCCCCCC)C(O)/C=C/CCCCCCCCCCCC. The maximum atomic E-state index is 13.5. The van der Waals surface area contributed by atoms with Crippen molar-refractivity contribution in [3.8, 4) is 0 Å². The number of nitrogens with one attached hydrogen (secondary N) is 1. The fraction of sp³-hybridized carbons (Fsp3) is 0.899. The van der Waals surface area contributed by atoms with E-state index in [9.17, 15) is 35.1 Å². The summed E-state index contributed by atoms with van der Waals surface area (Å²) in [6, 6.07) is -1.02. The van der Waals surface area contributed by atoms with Crippen LogP contribution in [-0.2, 0) is 23.8 Å². The number of allylic oxidation sites excluding steroid dienone is 5. The third kappa shape index (κ3) is 53.2. The predicted molar refractivity (Wildman–Crippen MR) is 380 cm³/mol. The van der Waals surface area contributed by atoms with Crippen molar-refractivity contribution in [2.24, 2.45) is 0 Å². The molecule has 8 unspecified atom stereocenters.